The summed E-state index contributed by atoms with van der Waals surface area (Å²) in [7, 11) is 1.62. The van der Waals surface area contributed by atoms with Crippen molar-refractivity contribution in [3.05, 3.63) is 65.4 Å². The topological polar surface area (TPSA) is 67.0 Å². The third-order valence-corrected chi connectivity index (χ3v) is 3.84. The molecule has 0 atom stereocenters. The van der Waals surface area contributed by atoms with Gasteiger partial charge in [0.15, 0.2) is 0 Å². The number of aromatic amines is 1. The number of hydrogen-bond donors (Lipinski definition) is 2. The zero-order valence-corrected chi connectivity index (χ0v) is 13.9. The standard InChI is InChI=1S/C19H19N3O2/c1-12-4-9-16(13(2)10-12)20-19(23)18-11-17(21-22-18)14-5-7-15(24-3)8-6-14/h4-11H,1-3H3,(H,20,23)(H,21,22). The Kier molecular flexibility index (Phi) is 4.33. The minimum absolute atomic E-state index is 0.214. The summed E-state index contributed by atoms with van der Waals surface area (Å²) < 4.78 is 5.14. The van der Waals surface area contributed by atoms with Gasteiger partial charge >= 0.3 is 0 Å². The number of aryl methyl sites for hydroxylation is 2. The monoisotopic (exact) mass is 321 g/mol. The van der Waals surface area contributed by atoms with E-state index in [1.165, 1.54) is 0 Å². The summed E-state index contributed by atoms with van der Waals surface area (Å²) in [5.74, 6) is 0.566. The van der Waals surface area contributed by atoms with E-state index in [4.69, 9.17) is 4.74 Å². The maximum atomic E-state index is 12.4. The van der Waals surface area contributed by atoms with Gasteiger partial charge in [-0.15, -0.1) is 0 Å². The van der Waals surface area contributed by atoms with E-state index in [2.05, 4.69) is 15.5 Å². The van der Waals surface area contributed by atoms with Crippen LogP contribution in [0.15, 0.2) is 48.5 Å². The van der Waals surface area contributed by atoms with Crippen LogP contribution in [-0.2, 0) is 0 Å². The summed E-state index contributed by atoms with van der Waals surface area (Å²) in [6, 6.07) is 15.2. The normalized spacial score (nSPS) is 10.5. The van der Waals surface area contributed by atoms with Crippen molar-refractivity contribution in [2.75, 3.05) is 12.4 Å². The quantitative estimate of drug-likeness (QED) is 0.764. The minimum atomic E-state index is -0.214. The zero-order chi connectivity index (χ0) is 17.1. The Bertz CT molecular complexity index is 867. The van der Waals surface area contributed by atoms with Crippen molar-refractivity contribution < 1.29 is 9.53 Å². The molecule has 1 heterocycles. The highest BCUT2D eigenvalue weighted by Gasteiger charge is 2.12. The predicted octanol–water partition coefficient (Wildman–Crippen LogP) is 3.95. The molecule has 0 aliphatic carbocycles. The lowest BCUT2D eigenvalue weighted by Crippen LogP contribution is -2.13. The van der Waals surface area contributed by atoms with Gasteiger partial charge < -0.3 is 10.1 Å². The maximum Gasteiger partial charge on any atom is 0.273 e. The van der Waals surface area contributed by atoms with E-state index in [-0.39, 0.29) is 5.91 Å². The first-order valence-electron chi connectivity index (χ1n) is 7.65. The molecule has 2 N–H and O–H groups in total. The number of rotatable bonds is 4. The number of carbonyl (C=O) groups is 1. The third kappa shape index (κ3) is 3.30. The lowest BCUT2D eigenvalue weighted by molar-refractivity contribution is 0.102. The van der Waals surface area contributed by atoms with Gasteiger partial charge in [-0.3, -0.25) is 9.89 Å². The number of benzene rings is 2. The van der Waals surface area contributed by atoms with E-state index in [9.17, 15) is 4.79 Å². The van der Waals surface area contributed by atoms with Crippen LogP contribution in [0.25, 0.3) is 11.3 Å². The molecule has 0 fully saturated rings. The summed E-state index contributed by atoms with van der Waals surface area (Å²) in [5.41, 5.74) is 5.03. The molecule has 1 aromatic heterocycles. The Morgan fingerprint density at radius 2 is 1.83 bits per heavy atom. The number of H-pyrrole nitrogens is 1. The van der Waals surface area contributed by atoms with Crippen LogP contribution in [-0.4, -0.2) is 23.2 Å². The van der Waals surface area contributed by atoms with Gasteiger partial charge in [0.25, 0.3) is 5.91 Å². The highest BCUT2D eigenvalue weighted by Crippen LogP contribution is 2.22. The second-order valence-corrected chi connectivity index (χ2v) is 5.67. The van der Waals surface area contributed by atoms with Gasteiger partial charge in [0.1, 0.15) is 11.4 Å². The van der Waals surface area contributed by atoms with Crippen molar-refractivity contribution >= 4 is 11.6 Å². The summed E-state index contributed by atoms with van der Waals surface area (Å²) in [6.07, 6.45) is 0. The van der Waals surface area contributed by atoms with Gasteiger partial charge in [0.2, 0.25) is 0 Å². The van der Waals surface area contributed by atoms with Gasteiger partial charge in [0.05, 0.1) is 12.8 Å². The number of hydrogen-bond acceptors (Lipinski definition) is 3. The van der Waals surface area contributed by atoms with Crippen LogP contribution in [0.2, 0.25) is 0 Å². The SMILES string of the molecule is COc1ccc(-c2cc(C(=O)Nc3ccc(C)cc3C)[nH]n2)cc1. The molecule has 0 aliphatic heterocycles. The van der Waals surface area contributed by atoms with E-state index >= 15 is 0 Å². The first-order chi connectivity index (χ1) is 11.6. The van der Waals surface area contributed by atoms with Gasteiger partial charge in [-0.2, -0.15) is 5.10 Å². The van der Waals surface area contributed by atoms with E-state index in [0.717, 1.165) is 28.1 Å². The summed E-state index contributed by atoms with van der Waals surface area (Å²) in [4.78, 5) is 12.4. The largest absolute Gasteiger partial charge is 0.497 e. The van der Waals surface area contributed by atoms with Crippen molar-refractivity contribution in [2.24, 2.45) is 0 Å². The number of methoxy groups -OCH3 is 1. The van der Waals surface area contributed by atoms with Crippen LogP contribution in [0, 0.1) is 13.8 Å². The molecule has 1 amide bonds. The van der Waals surface area contributed by atoms with Crippen molar-refractivity contribution in [1.29, 1.82) is 0 Å². The van der Waals surface area contributed by atoms with Crippen molar-refractivity contribution in [3.8, 4) is 17.0 Å². The molecule has 3 rings (SSSR count). The van der Waals surface area contributed by atoms with Gasteiger partial charge in [0, 0.05) is 11.3 Å². The number of anilines is 1. The average molecular weight is 321 g/mol. The van der Waals surface area contributed by atoms with Crippen LogP contribution >= 0.6 is 0 Å². The van der Waals surface area contributed by atoms with Crippen LogP contribution in [0.1, 0.15) is 21.6 Å². The molecule has 122 valence electrons. The van der Waals surface area contributed by atoms with Crippen LogP contribution in [0.3, 0.4) is 0 Å². The minimum Gasteiger partial charge on any atom is -0.497 e. The molecule has 0 radical (unpaired) electrons. The third-order valence-electron chi connectivity index (χ3n) is 3.84. The molecule has 3 aromatic rings. The second-order valence-electron chi connectivity index (χ2n) is 5.67. The Morgan fingerprint density at radius 3 is 2.50 bits per heavy atom. The highest BCUT2D eigenvalue weighted by molar-refractivity contribution is 6.03. The molecule has 5 heteroatoms. The predicted molar refractivity (Wildman–Crippen MR) is 94.4 cm³/mol. The Hall–Kier alpha value is -3.08. The molecule has 24 heavy (non-hydrogen) atoms. The van der Waals surface area contributed by atoms with Gasteiger partial charge in [-0.25, -0.2) is 0 Å². The van der Waals surface area contributed by atoms with E-state index < -0.39 is 0 Å². The van der Waals surface area contributed by atoms with Crippen molar-refractivity contribution in [1.82, 2.24) is 10.2 Å². The first kappa shape index (κ1) is 15.8. The number of aromatic nitrogens is 2. The number of ether oxygens (including phenoxy) is 1. The summed E-state index contributed by atoms with van der Waals surface area (Å²) in [5, 5.41) is 9.91. The Balaban J connectivity index is 1.77. The number of nitrogens with zero attached hydrogens (tertiary/aromatic N) is 1. The number of amides is 1. The summed E-state index contributed by atoms with van der Waals surface area (Å²) >= 11 is 0. The van der Waals surface area contributed by atoms with E-state index in [0.29, 0.717) is 11.4 Å². The van der Waals surface area contributed by atoms with Gasteiger partial charge in [-0.1, -0.05) is 17.7 Å². The molecule has 0 spiro atoms. The molecule has 0 aliphatic rings. The highest BCUT2D eigenvalue weighted by atomic mass is 16.5. The molecular formula is C19H19N3O2. The fraction of sp³-hybridized carbons (Fsp3) is 0.158. The maximum absolute atomic E-state index is 12.4. The summed E-state index contributed by atoms with van der Waals surface area (Å²) in [6.45, 7) is 3.99. The van der Waals surface area contributed by atoms with Crippen LogP contribution in [0.4, 0.5) is 5.69 Å². The zero-order valence-electron chi connectivity index (χ0n) is 13.9. The fourth-order valence-corrected chi connectivity index (χ4v) is 2.49. The molecular weight excluding hydrogens is 302 g/mol. The van der Waals surface area contributed by atoms with Crippen LogP contribution < -0.4 is 10.1 Å². The van der Waals surface area contributed by atoms with Crippen molar-refractivity contribution in [3.63, 3.8) is 0 Å². The fourth-order valence-electron chi connectivity index (χ4n) is 2.49. The Labute approximate surface area is 140 Å². The van der Waals surface area contributed by atoms with Gasteiger partial charge in [-0.05, 0) is 55.8 Å². The molecule has 0 unspecified atom stereocenters. The molecule has 5 nitrogen and oxygen atoms in total. The van der Waals surface area contributed by atoms with E-state index in [1.807, 2.05) is 56.3 Å². The smallest absolute Gasteiger partial charge is 0.273 e. The number of nitrogens with one attached hydrogen (secondary N) is 2. The van der Waals surface area contributed by atoms with Crippen LogP contribution in [0.5, 0.6) is 5.75 Å². The molecule has 0 bridgehead atoms. The Morgan fingerprint density at radius 1 is 1.08 bits per heavy atom. The van der Waals surface area contributed by atoms with Crippen molar-refractivity contribution in [2.45, 2.75) is 13.8 Å². The number of carbonyl (C=O) groups excluding carboxylic acids is 1. The van der Waals surface area contributed by atoms with E-state index in [1.54, 1.807) is 13.2 Å². The molecule has 2 aromatic carbocycles. The lowest BCUT2D eigenvalue weighted by Gasteiger charge is -2.07. The molecule has 0 saturated carbocycles. The second kappa shape index (κ2) is 6.58. The first-order valence-corrected chi connectivity index (χ1v) is 7.65. The lowest BCUT2D eigenvalue weighted by atomic mass is 10.1. The average Bonchev–Trinajstić information content (AvgIpc) is 3.07. The molecule has 0 saturated heterocycles.